The van der Waals surface area contributed by atoms with Gasteiger partial charge in [-0.05, 0) is 41.0 Å². The van der Waals surface area contributed by atoms with Crippen molar-refractivity contribution in [2.24, 2.45) is 0 Å². The van der Waals surface area contributed by atoms with Gasteiger partial charge in [0.2, 0.25) is 0 Å². The second kappa shape index (κ2) is 7.99. The predicted octanol–water partition coefficient (Wildman–Crippen LogP) is 8.69. The molecule has 0 aliphatic rings. The van der Waals surface area contributed by atoms with E-state index in [2.05, 4.69) is 121 Å². The fourth-order valence-electron chi connectivity index (χ4n) is 4.61. The zero-order valence-corrected chi connectivity index (χ0v) is 18.4. The lowest BCUT2D eigenvalue weighted by Gasteiger charge is -2.24. The summed E-state index contributed by atoms with van der Waals surface area (Å²) in [7, 11) is 2.12. The summed E-state index contributed by atoms with van der Waals surface area (Å²) in [5.74, 6) is 0. The van der Waals surface area contributed by atoms with Crippen LogP contribution in [-0.2, 0) is 0 Å². The molecule has 0 aliphatic carbocycles. The lowest BCUT2D eigenvalue weighted by Crippen LogP contribution is -2.11. The van der Waals surface area contributed by atoms with Crippen molar-refractivity contribution in [2.45, 2.75) is 0 Å². The number of rotatable bonds is 4. The van der Waals surface area contributed by atoms with Crippen LogP contribution >= 0.6 is 0 Å². The van der Waals surface area contributed by atoms with E-state index in [4.69, 9.17) is 4.42 Å². The fraction of sp³-hybridized carbons (Fsp3) is 0.0323. The van der Waals surface area contributed by atoms with Crippen LogP contribution in [0.25, 0.3) is 44.2 Å². The number of furan rings is 1. The van der Waals surface area contributed by atoms with Crippen LogP contribution in [0.4, 0.5) is 11.4 Å². The topological polar surface area (TPSA) is 16.4 Å². The van der Waals surface area contributed by atoms with Gasteiger partial charge < -0.3 is 9.32 Å². The molecule has 0 radical (unpaired) electrons. The van der Waals surface area contributed by atoms with Gasteiger partial charge in [-0.25, -0.2) is 0 Å². The van der Waals surface area contributed by atoms with E-state index in [1.54, 1.807) is 0 Å². The largest absolute Gasteiger partial charge is 0.454 e. The number of benzene rings is 5. The van der Waals surface area contributed by atoms with Gasteiger partial charge in [-0.1, -0.05) is 97.1 Å². The molecule has 1 heterocycles. The zero-order chi connectivity index (χ0) is 22.2. The molecule has 1 aromatic heterocycles. The Morgan fingerprint density at radius 2 is 1.18 bits per heavy atom. The lowest BCUT2D eigenvalue weighted by molar-refractivity contribution is 0.668. The van der Waals surface area contributed by atoms with Crippen LogP contribution in [0.15, 0.2) is 126 Å². The quantitative estimate of drug-likeness (QED) is 0.281. The van der Waals surface area contributed by atoms with Gasteiger partial charge in [0.1, 0.15) is 5.58 Å². The first kappa shape index (κ1) is 19.4. The molecule has 0 aliphatic heterocycles. The van der Waals surface area contributed by atoms with Crippen molar-refractivity contribution in [1.29, 1.82) is 0 Å². The number of anilines is 2. The smallest absolute Gasteiger partial charge is 0.159 e. The number of para-hydroxylation sites is 2. The Balaban J connectivity index is 1.55. The van der Waals surface area contributed by atoms with Gasteiger partial charge in [-0.2, -0.15) is 0 Å². The second-order valence-electron chi connectivity index (χ2n) is 8.28. The average molecular weight is 426 g/mol. The Bertz CT molecular complexity index is 1570. The van der Waals surface area contributed by atoms with Crippen molar-refractivity contribution in [3.8, 4) is 22.3 Å². The molecule has 5 aromatic carbocycles. The van der Waals surface area contributed by atoms with Crippen molar-refractivity contribution in [1.82, 2.24) is 0 Å². The molecule has 0 unspecified atom stereocenters. The summed E-state index contributed by atoms with van der Waals surface area (Å²) >= 11 is 0. The van der Waals surface area contributed by atoms with E-state index in [0.29, 0.717) is 0 Å². The molecule has 6 rings (SSSR count). The van der Waals surface area contributed by atoms with Gasteiger partial charge in [0.25, 0.3) is 0 Å². The first-order chi connectivity index (χ1) is 16.3. The molecule has 0 saturated carbocycles. The molecule has 0 bridgehead atoms. The average Bonchev–Trinajstić information content (AvgIpc) is 3.28. The van der Waals surface area contributed by atoms with E-state index < -0.39 is 0 Å². The summed E-state index contributed by atoms with van der Waals surface area (Å²) < 4.78 is 6.32. The highest BCUT2D eigenvalue weighted by Crippen LogP contribution is 2.41. The normalized spacial score (nSPS) is 11.2. The van der Waals surface area contributed by atoms with Crippen LogP contribution < -0.4 is 4.90 Å². The SMILES string of the molecule is CN(c1ccc(-c2ccccc2)cc1-c1ccccc1)c1cccc2c1oc1ccccc12. The van der Waals surface area contributed by atoms with E-state index >= 15 is 0 Å². The van der Waals surface area contributed by atoms with Gasteiger partial charge in [0.05, 0.1) is 5.69 Å². The molecule has 0 atom stereocenters. The maximum Gasteiger partial charge on any atom is 0.159 e. The van der Waals surface area contributed by atoms with E-state index in [1.807, 2.05) is 12.1 Å². The number of fused-ring (bicyclic) bond motifs is 3. The minimum absolute atomic E-state index is 0.910. The summed E-state index contributed by atoms with van der Waals surface area (Å²) in [6.07, 6.45) is 0. The van der Waals surface area contributed by atoms with Crippen LogP contribution in [0.3, 0.4) is 0 Å². The molecule has 0 amide bonds. The van der Waals surface area contributed by atoms with E-state index in [0.717, 1.165) is 33.3 Å². The molecular formula is C31H23NO. The van der Waals surface area contributed by atoms with Crippen LogP contribution in [0, 0.1) is 0 Å². The zero-order valence-electron chi connectivity index (χ0n) is 18.4. The Labute approximate surface area is 193 Å². The van der Waals surface area contributed by atoms with Gasteiger partial charge in [-0.15, -0.1) is 0 Å². The fourth-order valence-corrected chi connectivity index (χ4v) is 4.61. The van der Waals surface area contributed by atoms with Gasteiger partial charge in [0, 0.05) is 29.1 Å². The van der Waals surface area contributed by atoms with Crippen molar-refractivity contribution in [3.05, 3.63) is 121 Å². The Kier molecular flexibility index (Phi) is 4.70. The third-order valence-electron chi connectivity index (χ3n) is 6.29. The third kappa shape index (κ3) is 3.37. The number of hydrogen-bond donors (Lipinski definition) is 0. The van der Waals surface area contributed by atoms with E-state index in [9.17, 15) is 0 Å². The molecule has 2 heteroatoms. The highest BCUT2D eigenvalue weighted by molar-refractivity contribution is 6.09. The molecular weight excluding hydrogens is 402 g/mol. The summed E-state index contributed by atoms with van der Waals surface area (Å²) in [4.78, 5) is 2.24. The van der Waals surface area contributed by atoms with E-state index in [-0.39, 0.29) is 0 Å². The van der Waals surface area contributed by atoms with Crippen LogP contribution in [0.5, 0.6) is 0 Å². The summed E-state index contributed by atoms with van der Waals surface area (Å²) in [5, 5.41) is 2.28. The van der Waals surface area contributed by atoms with Crippen molar-refractivity contribution in [2.75, 3.05) is 11.9 Å². The summed E-state index contributed by atoms with van der Waals surface area (Å²) in [5.41, 5.74) is 8.80. The highest BCUT2D eigenvalue weighted by Gasteiger charge is 2.17. The first-order valence-corrected chi connectivity index (χ1v) is 11.2. The van der Waals surface area contributed by atoms with Gasteiger partial charge >= 0.3 is 0 Å². The Hall–Kier alpha value is -4.30. The maximum atomic E-state index is 6.32. The molecule has 6 aromatic rings. The lowest BCUT2D eigenvalue weighted by atomic mass is 9.96. The van der Waals surface area contributed by atoms with Crippen LogP contribution in [0.2, 0.25) is 0 Å². The molecule has 0 fully saturated rings. The van der Waals surface area contributed by atoms with E-state index in [1.165, 1.54) is 22.3 Å². The maximum absolute atomic E-state index is 6.32. The molecule has 0 saturated heterocycles. The van der Waals surface area contributed by atoms with Crippen molar-refractivity contribution in [3.63, 3.8) is 0 Å². The standard InChI is InChI=1S/C31H23NO/c1-32(29-17-10-16-26-25-15-8-9-18-30(25)33-31(26)29)28-20-19-24(22-11-4-2-5-12-22)21-27(28)23-13-6-3-7-14-23/h2-21H,1H3. The minimum Gasteiger partial charge on any atom is -0.454 e. The Morgan fingerprint density at radius 1 is 0.515 bits per heavy atom. The monoisotopic (exact) mass is 425 g/mol. The number of hydrogen-bond acceptors (Lipinski definition) is 2. The van der Waals surface area contributed by atoms with Crippen LogP contribution in [0.1, 0.15) is 0 Å². The molecule has 0 N–H and O–H groups in total. The van der Waals surface area contributed by atoms with Crippen molar-refractivity contribution < 1.29 is 4.42 Å². The molecule has 33 heavy (non-hydrogen) atoms. The van der Waals surface area contributed by atoms with Crippen LogP contribution in [-0.4, -0.2) is 7.05 Å². The Morgan fingerprint density at radius 3 is 1.97 bits per heavy atom. The highest BCUT2D eigenvalue weighted by atomic mass is 16.3. The second-order valence-corrected chi connectivity index (χ2v) is 8.28. The van der Waals surface area contributed by atoms with Gasteiger partial charge in [0.15, 0.2) is 5.58 Å². The van der Waals surface area contributed by atoms with Crippen molar-refractivity contribution >= 4 is 33.3 Å². The predicted molar refractivity (Wildman–Crippen MR) is 139 cm³/mol. The summed E-state index contributed by atoms with van der Waals surface area (Å²) in [6, 6.07) is 42.4. The molecule has 0 spiro atoms. The van der Waals surface area contributed by atoms with Gasteiger partial charge in [-0.3, -0.25) is 0 Å². The third-order valence-corrected chi connectivity index (χ3v) is 6.29. The summed E-state index contributed by atoms with van der Waals surface area (Å²) in [6.45, 7) is 0. The minimum atomic E-state index is 0.910. The molecule has 2 nitrogen and oxygen atoms in total. The molecule has 158 valence electrons. The first-order valence-electron chi connectivity index (χ1n) is 11.2. The number of nitrogens with zero attached hydrogens (tertiary/aromatic N) is 1.